The quantitative estimate of drug-likeness (QED) is 0.842. The molecule has 0 radical (unpaired) electrons. The van der Waals surface area contributed by atoms with E-state index in [1.54, 1.807) is 18.2 Å². The molecule has 19 heavy (non-hydrogen) atoms. The number of hydrogen-bond acceptors (Lipinski definition) is 2. The van der Waals surface area contributed by atoms with E-state index in [0.717, 1.165) is 12.0 Å². The van der Waals surface area contributed by atoms with Crippen LogP contribution in [0.3, 0.4) is 0 Å². The molecule has 0 aliphatic rings. The smallest absolute Gasteiger partial charge is 0.147 e. The first kappa shape index (κ1) is 14.2. The van der Waals surface area contributed by atoms with Crippen LogP contribution in [0, 0.1) is 0 Å². The summed E-state index contributed by atoms with van der Waals surface area (Å²) in [5.41, 5.74) is 7.04. The Morgan fingerprint density at radius 1 is 1.05 bits per heavy atom. The molecule has 0 saturated carbocycles. The van der Waals surface area contributed by atoms with Gasteiger partial charge in [-0.25, -0.2) is 0 Å². The van der Waals surface area contributed by atoms with E-state index in [2.05, 4.69) is 0 Å². The van der Waals surface area contributed by atoms with Gasteiger partial charge in [-0.3, -0.25) is 0 Å². The molecule has 2 nitrogen and oxygen atoms in total. The van der Waals surface area contributed by atoms with Crippen LogP contribution in [0.25, 0.3) is 0 Å². The number of rotatable bonds is 4. The normalized spacial score (nSPS) is 12.2. The molecule has 0 heterocycles. The zero-order valence-electron chi connectivity index (χ0n) is 10.6. The zero-order valence-corrected chi connectivity index (χ0v) is 12.1. The molecular weight excluding hydrogens is 281 g/mol. The third kappa shape index (κ3) is 3.21. The monoisotopic (exact) mass is 295 g/mol. The van der Waals surface area contributed by atoms with Gasteiger partial charge in [0.05, 0.1) is 5.02 Å². The third-order valence-corrected chi connectivity index (χ3v) is 3.70. The number of hydrogen-bond donors (Lipinski definition) is 1. The molecule has 2 aromatic carbocycles. The first-order valence-electron chi connectivity index (χ1n) is 6.09. The summed E-state index contributed by atoms with van der Waals surface area (Å²) in [4.78, 5) is 0. The molecule has 2 aromatic rings. The highest BCUT2D eigenvalue weighted by molar-refractivity contribution is 6.42. The van der Waals surface area contributed by atoms with Crippen molar-refractivity contribution < 1.29 is 4.74 Å². The lowest BCUT2D eigenvalue weighted by atomic mass is 10.0. The molecular formula is C15H15Cl2NO. The average Bonchev–Trinajstić information content (AvgIpc) is 2.43. The Kier molecular flexibility index (Phi) is 4.70. The fraction of sp³-hybridized carbons (Fsp3) is 0.200. The van der Waals surface area contributed by atoms with Crippen LogP contribution in [0.4, 0.5) is 0 Å². The maximum atomic E-state index is 6.12. The Morgan fingerprint density at radius 3 is 2.47 bits per heavy atom. The number of benzene rings is 2. The van der Waals surface area contributed by atoms with Gasteiger partial charge in [-0.1, -0.05) is 54.4 Å². The maximum absolute atomic E-state index is 6.12. The van der Waals surface area contributed by atoms with Crippen molar-refractivity contribution in [1.29, 1.82) is 0 Å². The van der Waals surface area contributed by atoms with Gasteiger partial charge in [-0.2, -0.15) is 0 Å². The second kappa shape index (κ2) is 6.29. The highest BCUT2D eigenvalue weighted by atomic mass is 35.5. The van der Waals surface area contributed by atoms with Crippen LogP contribution < -0.4 is 10.5 Å². The minimum absolute atomic E-state index is 0.0610. The van der Waals surface area contributed by atoms with Crippen molar-refractivity contribution in [3.05, 3.63) is 58.1 Å². The van der Waals surface area contributed by atoms with Crippen LogP contribution in [-0.4, -0.2) is 0 Å². The fourth-order valence-corrected chi connectivity index (χ4v) is 2.11. The van der Waals surface area contributed by atoms with E-state index in [-0.39, 0.29) is 6.04 Å². The van der Waals surface area contributed by atoms with E-state index in [1.165, 1.54) is 0 Å². The van der Waals surface area contributed by atoms with E-state index < -0.39 is 0 Å². The standard InChI is InChI=1S/C15H15Cl2NO/c1-2-12(18)10-6-3-4-8-13(10)19-14-9-5-7-11(16)15(14)17/h3-9,12H,2,18H2,1H3/t12-/m0/s1. The lowest BCUT2D eigenvalue weighted by Crippen LogP contribution is -2.09. The van der Waals surface area contributed by atoms with Gasteiger partial charge in [-0.15, -0.1) is 0 Å². The predicted molar refractivity (Wildman–Crippen MR) is 80.2 cm³/mol. The molecule has 0 bridgehead atoms. The van der Waals surface area contributed by atoms with Gasteiger partial charge in [-0.05, 0) is 24.6 Å². The van der Waals surface area contributed by atoms with Crippen LogP contribution in [0.15, 0.2) is 42.5 Å². The average molecular weight is 296 g/mol. The van der Waals surface area contributed by atoms with E-state index in [9.17, 15) is 0 Å². The summed E-state index contributed by atoms with van der Waals surface area (Å²) in [7, 11) is 0. The summed E-state index contributed by atoms with van der Waals surface area (Å²) in [6.07, 6.45) is 0.837. The zero-order chi connectivity index (χ0) is 13.8. The molecule has 2 rings (SSSR count). The van der Waals surface area contributed by atoms with Crippen LogP contribution in [0.2, 0.25) is 10.0 Å². The van der Waals surface area contributed by atoms with Gasteiger partial charge in [0.15, 0.2) is 0 Å². The van der Waals surface area contributed by atoms with Crippen LogP contribution in [0.5, 0.6) is 11.5 Å². The van der Waals surface area contributed by atoms with Crippen molar-refractivity contribution in [2.45, 2.75) is 19.4 Å². The second-order valence-corrected chi connectivity index (χ2v) is 4.99. The van der Waals surface area contributed by atoms with Crippen molar-refractivity contribution in [1.82, 2.24) is 0 Å². The summed E-state index contributed by atoms with van der Waals surface area (Å²) in [5.74, 6) is 1.24. The fourth-order valence-electron chi connectivity index (χ4n) is 1.78. The van der Waals surface area contributed by atoms with Gasteiger partial charge in [0, 0.05) is 11.6 Å². The topological polar surface area (TPSA) is 35.2 Å². The Labute approximate surface area is 123 Å². The van der Waals surface area contributed by atoms with Crippen molar-refractivity contribution in [3.63, 3.8) is 0 Å². The van der Waals surface area contributed by atoms with Gasteiger partial charge >= 0.3 is 0 Å². The van der Waals surface area contributed by atoms with E-state index >= 15 is 0 Å². The van der Waals surface area contributed by atoms with Gasteiger partial charge in [0.1, 0.15) is 16.5 Å². The lowest BCUT2D eigenvalue weighted by molar-refractivity contribution is 0.469. The molecule has 0 amide bonds. The largest absolute Gasteiger partial charge is 0.455 e. The Balaban J connectivity index is 2.36. The number of halogens is 2. The Morgan fingerprint density at radius 2 is 1.74 bits per heavy atom. The molecule has 0 aliphatic carbocycles. The molecule has 0 aromatic heterocycles. The molecule has 0 aliphatic heterocycles. The summed E-state index contributed by atoms with van der Waals surface area (Å²) >= 11 is 12.1. The molecule has 2 N–H and O–H groups in total. The van der Waals surface area contributed by atoms with Crippen molar-refractivity contribution in [2.75, 3.05) is 0 Å². The molecule has 0 unspecified atom stereocenters. The number of nitrogens with two attached hydrogens (primary N) is 1. The van der Waals surface area contributed by atoms with Crippen molar-refractivity contribution in [2.24, 2.45) is 5.73 Å². The Hall–Kier alpha value is -1.22. The van der Waals surface area contributed by atoms with Crippen LogP contribution >= 0.6 is 23.2 Å². The molecule has 0 fully saturated rings. The predicted octanol–water partition coefficient (Wildman–Crippen LogP) is 5.20. The molecule has 0 saturated heterocycles. The van der Waals surface area contributed by atoms with Gasteiger partial charge in [0.2, 0.25) is 0 Å². The lowest BCUT2D eigenvalue weighted by Gasteiger charge is -2.16. The van der Waals surface area contributed by atoms with Crippen LogP contribution in [-0.2, 0) is 0 Å². The Bertz CT molecular complexity index is 572. The second-order valence-electron chi connectivity index (χ2n) is 4.21. The van der Waals surface area contributed by atoms with Gasteiger partial charge < -0.3 is 10.5 Å². The number of ether oxygens (including phenoxy) is 1. The third-order valence-electron chi connectivity index (χ3n) is 2.89. The van der Waals surface area contributed by atoms with Gasteiger partial charge in [0.25, 0.3) is 0 Å². The summed E-state index contributed by atoms with van der Waals surface area (Å²) < 4.78 is 5.85. The van der Waals surface area contributed by atoms with Crippen molar-refractivity contribution in [3.8, 4) is 11.5 Å². The van der Waals surface area contributed by atoms with Crippen LogP contribution in [0.1, 0.15) is 24.9 Å². The minimum atomic E-state index is -0.0610. The van der Waals surface area contributed by atoms with E-state index in [1.807, 2.05) is 31.2 Å². The SMILES string of the molecule is CC[C@H](N)c1ccccc1Oc1cccc(Cl)c1Cl. The highest BCUT2D eigenvalue weighted by Gasteiger charge is 2.12. The maximum Gasteiger partial charge on any atom is 0.147 e. The summed E-state index contributed by atoms with van der Waals surface area (Å²) in [5, 5.41) is 0.875. The van der Waals surface area contributed by atoms with Crippen molar-refractivity contribution >= 4 is 23.2 Å². The molecule has 1 atom stereocenters. The molecule has 4 heteroatoms. The minimum Gasteiger partial charge on any atom is -0.455 e. The molecule has 0 spiro atoms. The van der Waals surface area contributed by atoms with E-state index in [4.69, 9.17) is 33.7 Å². The highest BCUT2D eigenvalue weighted by Crippen LogP contribution is 2.36. The number of para-hydroxylation sites is 1. The summed E-state index contributed by atoms with van der Waals surface area (Å²) in [6, 6.07) is 12.9. The first-order valence-corrected chi connectivity index (χ1v) is 6.85. The van der Waals surface area contributed by atoms with E-state index in [0.29, 0.717) is 21.5 Å². The first-order chi connectivity index (χ1) is 9.13. The summed E-state index contributed by atoms with van der Waals surface area (Å²) in [6.45, 7) is 2.04. The molecule has 100 valence electrons.